The molecule has 0 heterocycles. The molecule has 0 saturated heterocycles. The molecule has 2 rings (SSSR count). The second kappa shape index (κ2) is 6.19. The predicted molar refractivity (Wildman–Crippen MR) is 91.5 cm³/mol. The van der Waals surface area contributed by atoms with Crippen molar-refractivity contribution in [3.05, 3.63) is 56.0 Å². The monoisotopic (exact) mass is 397 g/mol. The van der Waals surface area contributed by atoms with Gasteiger partial charge in [-0.3, -0.25) is 0 Å². The Morgan fingerprint density at radius 1 is 1.00 bits per heavy atom. The number of hydrogen-bond acceptors (Lipinski definition) is 2. The van der Waals surface area contributed by atoms with Crippen LogP contribution in [0.3, 0.4) is 0 Å². The van der Waals surface area contributed by atoms with Crippen LogP contribution in [0.15, 0.2) is 39.3 Å². The van der Waals surface area contributed by atoms with E-state index in [4.69, 9.17) is 0 Å². The van der Waals surface area contributed by atoms with Crippen molar-refractivity contribution in [2.75, 3.05) is 5.32 Å². The number of aryl methyl sites for hydroxylation is 2. The molecule has 0 radical (unpaired) electrons. The number of benzene rings is 2. The molecule has 0 aliphatic heterocycles. The van der Waals surface area contributed by atoms with E-state index in [1.165, 1.54) is 5.56 Å². The van der Waals surface area contributed by atoms with Crippen LogP contribution >= 0.6 is 31.9 Å². The summed E-state index contributed by atoms with van der Waals surface area (Å²) in [6.45, 7) is 6.05. The highest BCUT2D eigenvalue weighted by molar-refractivity contribution is 9.11. The molecule has 0 aromatic heterocycles. The standard InChI is InChI=1S/C16H17Br2NO/c1-9-4-5-12(15(20)8-9)11(3)19-16-13(17)6-10(2)7-14(16)18/h4-8,11,19-20H,1-3H3. The number of phenolic OH excluding ortho intramolecular Hbond substituents is 1. The fraction of sp³-hybridized carbons (Fsp3) is 0.250. The summed E-state index contributed by atoms with van der Waals surface area (Å²) < 4.78 is 2.01. The lowest BCUT2D eigenvalue weighted by Gasteiger charge is -2.19. The van der Waals surface area contributed by atoms with Gasteiger partial charge in [-0.15, -0.1) is 0 Å². The van der Waals surface area contributed by atoms with E-state index in [0.29, 0.717) is 5.75 Å². The van der Waals surface area contributed by atoms with Gasteiger partial charge in [-0.2, -0.15) is 0 Å². The van der Waals surface area contributed by atoms with E-state index in [9.17, 15) is 5.11 Å². The van der Waals surface area contributed by atoms with E-state index in [-0.39, 0.29) is 6.04 Å². The Balaban J connectivity index is 2.30. The molecular weight excluding hydrogens is 382 g/mol. The van der Waals surface area contributed by atoms with Gasteiger partial charge in [0.15, 0.2) is 0 Å². The average molecular weight is 399 g/mol. The van der Waals surface area contributed by atoms with E-state index >= 15 is 0 Å². The van der Waals surface area contributed by atoms with Crippen LogP contribution in [0, 0.1) is 13.8 Å². The quantitative estimate of drug-likeness (QED) is 0.694. The lowest BCUT2D eigenvalue weighted by molar-refractivity contribution is 0.465. The fourth-order valence-corrected chi connectivity index (χ4v) is 3.80. The Kier molecular flexibility index (Phi) is 4.76. The van der Waals surface area contributed by atoms with Crippen molar-refractivity contribution in [1.82, 2.24) is 0 Å². The number of hydrogen-bond donors (Lipinski definition) is 2. The van der Waals surface area contributed by atoms with Gasteiger partial charge in [-0.05, 0) is 82.0 Å². The highest BCUT2D eigenvalue weighted by Gasteiger charge is 2.14. The highest BCUT2D eigenvalue weighted by atomic mass is 79.9. The van der Waals surface area contributed by atoms with E-state index in [1.54, 1.807) is 6.07 Å². The first-order valence-corrected chi connectivity index (χ1v) is 7.99. The molecule has 20 heavy (non-hydrogen) atoms. The van der Waals surface area contributed by atoms with E-state index in [0.717, 1.165) is 25.8 Å². The second-order valence-corrected chi connectivity index (χ2v) is 6.74. The third-order valence-corrected chi connectivity index (χ3v) is 4.45. The van der Waals surface area contributed by atoms with Crippen LogP contribution in [-0.2, 0) is 0 Å². The zero-order valence-electron chi connectivity index (χ0n) is 11.7. The minimum Gasteiger partial charge on any atom is -0.508 e. The molecule has 4 heteroatoms. The van der Waals surface area contributed by atoms with Gasteiger partial charge in [0.25, 0.3) is 0 Å². The first-order valence-electron chi connectivity index (χ1n) is 6.40. The van der Waals surface area contributed by atoms with Crippen LogP contribution in [0.1, 0.15) is 29.7 Å². The number of phenols is 1. The summed E-state index contributed by atoms with van der Waals surface area (Å²) in [5.74, 6) is 0.323. The first-order chi connectivity index (χ1) is 9.38. The Morgan fingerprint density at radius 2 is 1.60 bits per heavy atom. The van der Waals surface area contributed by atoms with Gasteiger partial charge in [0.2, 0.25) is 0 Å². The minimum atomic E-state index is 0.00547. The smallest absolute Gasteiger partial charge is 0.121 e. The Labute approximate surface area is 136 Å². The van der Waals surface area contributed by atoms with Gasteiger partial charge in [-0.1, -0.05) is 12.1 Å². The van der Waals surface area contributed by atoms with Crippen LogP contribution in [0.2, 0.25) is 0 Å². The highest BCUT2D eigenvalue weighted by Crippen LogP contribution is 2.36. The molecule has 1 unspecified atom stereocenters. The topological polar surface area (TPSA) is 32.3 Å². The third kappa shape index (κ3) is 3.36. The lowest BCUT2D eigenvalue weighted by Crippen LogP contribution is -2.08. The average Bonchev–Trinajstić information content (AvgIpc) is 2.33. The number of anilines is 1. The van der Waals surface area contributed by atoms with Crippen LogP contribution in [0.4, 0.5) is 5.69 Å². The summed E-state index contributed by atoms with van der Waals surface area (Å²) in [5, 5.41) is 13.5. The molecule has 2 N–H and O–H groups in total. The Hall–Kier alpha value is -1.00. The summed E-state index contributed by atoms with van der Waals surface area (Å²) in [7, 11) is 0. The molecular formula is C16H17Br2NO. The van der Waals surface area contributed by atoms with Crippen molar-refractivity contribution >= 4 is 37.5 Å². The number of halogens is 2. The fourth-order valence-electron chi connectivity index (χ4n) is 2.15. The molecule has 0 bridgehead atoms. The van der Waals surface area contributed by atoms with Gasteiger partial charge in [0.05, 0.1) is 11.7 Å². The molecule has 2 aromatic carbocycles. The van der Waals surface area contributed by atoms with Crippen molar-refractivity contribution in [1.29, 1.82) is 0 Å². The number of nitrogens with one attached hydrogen (secondary N) is 1. The molecule has 0 saturated carbocycles. The van der Waals surface area contributed by atoms with Crippen molar-refractivity contribution in [3.63, 3.8) is 0 Å². The first kappa shape index (κ1) is 15.4. The zero-order chi connectivity index (χ0) is 14.9. The molecule has 106 valence electrons. The van der Waals surface area contributed by atoms with Gasteiger partial charge < -0.3 is 10.4 Å². The number of aromatic hydroxyl groups is 1. The third-order valence-electron chi connectivity index (χ3n) is 3.20. The minimum absolute atomic E-state index is 0.00547. The lowest BCUT2D eigenvalue weighted by atomic mass is 10.0. The normalized spacial score (nSPS) is 12.2. The van der Waals surface area contributed by atoms with Crippen LogP contribution in [0.5, 0.6) is 5.75 Å². The van der Waals surface area contributed by atoms with Gasteiger partial charge in [0.1, 0.15) is 5.75 Å². The molecule has 2 nitrogen and oxygen atoms in total. The zero-order valence-corrected chi connectivity index (χ0v) is 14.8. The van der Waals surface area contributed by atoms with Crippen molar-refractivity contribution in [2.45, 2.75) is 26.8 Å². The molecule has 0 fully saturated rings. The van der Waals surface area contributed by atoms with E-state index in [1.807, 2.05) is 26.0 Å². The molecule has 0 aliphatic rings. The summed E-state index contributed by atoms with van der Waals surface area (Å²) >= 11 is 7.15. The molecule has 0 spiro atoms. The maximum absolute atomic E-state index is 10.1. The van der Waals surface area contributed by atoms with Gasteiger partial charge in [-0.25, -0.2) is 0 Å². The number of rotatable bonds is 3. The molecule has 2 aromatic rings. The largest absolute Gasteiger partial charge is 0.508 e. The van der Waals surface area contributed by atoms with E-state index < -0.39 is 0 Å². The predicted octanol–water partition coefficient (Wildman–Crippen LogP) is 5.71. The van der Waals surface area contributed by atoms with Crippen LogP contribution in [0.25, 0.3) is 0 Å². The van der Waals surface area contributed by atoms with Crippen LogP contribution in [-0.4, -0.2) is 5.11 Å². The maximum atomic E-state index is 10.1. The summed E-state index contributed by atoms with van der Waals surface area (Å²) in [5.41, 5.74) is 4.11. The Morgan fingerprint density at radius 3 is 2.15 bits per heavy atom. The Bertz CT molecular complexity index is 617. The van der Waals surface area contributed by atoms with Gasteiger partial charge >= 0.3 is 0 Å². The molecule has 0 aliphatic carbocycles. The molecule has 0 amide bonds. The van der Waals surface area contributed by atoms with Gasteiger partial charge in [0, 0.05) is 14.5 Å². The SMILES string of the molecule is Cc1ccc(C(C)Nc2c(Br)cc(C)cc2Br)c(O)c1. The van der Waals surface area contributed by atoms with Crippen molar-refractivity contribution < 1.29 is 5.11 Å². The van der Waals surface area contributed by atoms with Crippen molar-refractivity contribution in [3.8, 4) is 5.75 Å². The summed E-state index contributed by atoms with van der Waals surface area (Å²) in [6.07, 6.45) is 0. The van der Waals surface area contributed by atoms with Crippen LogP contribution < -0.4 is 5.32 Å². The summed E-state index contributed by atoms with van der Waals surface area (Å²) in [6, 6.07) is 9.88. The molecule has 1 atom stereocenters. The van der Waals surface area contributed by atoms with Crippen molar-refractivity contribution in [2.24, 2.45) is 0 Å². The summed E-state index contributed by atoms with van der Waals surface area (Å²) in [4.78, 5) is 0. The van der Waals surface area contributed by atoms with E-state index in [2.05, 4.69) is 56.2 Å². The maximum Gasteiger partial charge on any atom is 0.121 e. The second-order valence-electron chi connectivity index (χ2n) is 5.03.